The Balaban J connectivity index is 1.23. The summed E-state index contributed by atoms with van der Waals surface area (Å²) >= 11 is 0. The molecule has 1 aromatic heterocycles. The molecule has 0 radical (unpaired) electrons. The molecule has 1 aliphatic rings. The maximum atomic E-state index is 5.35. The summed E-state index contributed by atoms with van der Waals surface area (Å²) in [6.45, 7) is 4.67. The van der Waals surface area contributed by atoms with E-state index in [0.29, 0.717) is 17.5 Å². The van der Waals surface area contributed by atoms with Crippen molar-refractivity contribution in [2.75, 3.05) is 0 Å². The van der Waals surface area contributed by atoms with Crippen molar-refractivity contribution < 1.29 is 0 Å². The van der Waals surface area contributed by atoms with Gasteiger partial charge < -0.3 is 0 Å². The molecule has 0 saturated heterocycles. The quantitative estimate of drug-likeness (QED) is 0.173. The highest BCUT2D eigenvalue weighted by molar-refractivity contribution is 6.01. The number of fused-ring (bicyclic) bond motifs is 4. The summed E-state index contributed by atoms with van der Waals surface area (Å²) in [5.74, 6) is 1.90. The normalized spacial score (nSPS) is 12.7. The van der Waals surface area contributed by atoms with Gasteiger partial charge in [0.15, 0.2) is 17.5 Å². The van der Waals surface area contributed by atoms with Crippen molar-refractivity contribution in [1.29, 1.82) is 0 Å². The van der Waals surface area contributed by atoms with Crippen molar-refractivity contribution in [2.24, 2.45) is 0 Å². The molecule has 260 valence electrons. The Kier molecular flexibility index (Phi) is 7.81. The lowest BCUT2D eigenvalue weighted by Crippen LogP contribution is -2.14. The van der Waals surface area contributed by atoms with Crippen molar-refractivity contribution in [3.05, 3.63) is 199 Å². The van der Waals surface area contributed by atoms with Gasteiger partial charge in [-0.15, -0.1) is 0 Å². The van der Waals surface area contributed by atoms with Crippen LogP contribution < -0.4 is 0 Å². The second-order valence-electron chi connectivity index (χ2n) is 14.8. The smallest absolute Gasteiger partial charge is 0.164 e. The molecule has 3 nitrogen and oxygen atoms in total. The molecular weight excluding hydrogens is 667 g/mol. The van der Waals surface area contributed by atoms with Crippen molar-refractivity contribution in [2.45, 2.75) is 19.3 Å². The van der Waals surface area contributed by atoms with Gasteiger partial charge in [-0.1, -0.05) is 178 Å². The zero-order valence-electron chi connectivity index (χ0n) is 30.7. The van der Waals surface area contributed by atoms with Gasteiger partial charge in [0.05, 0.1) is 0 Å². The van der Waals surface area contributed by atoms with Crippen LogP contribution in [0.15, 0.2) is 188 Å². The summed E-state index contributed by atoms with van der Waals surface area (Å²) in [5, 5.41) is 2.31. The second kappa shape index (κ2) is 13.2. The minimum Gasteiger partial charge on any atom is -0.208 e. The summed E-state index contributed by atoms with van der Waals surface area (Å²) in [6, 6.07) is 66.7. The highest BCUT2D eigenvalue weighted by atomic mass is 15.0. The summed E-state index contributed by atoms with van der Waals surface area (Å²) in [5.41, 5.74) is 14.7. The molecule has 0 amide bonds. The van der Waals surface area contributed by atoms with E-state index < -0.39 is 0 Å². The Morgan fingerprint density at radius 3 is 1.36 bits per heavy atom. The van der Waals surface area contributed by atoms with E-state index in [0.717, 1.165) is 49.9 Å². The average Bonchev–Trinajstić information content (AvgIpc) is 3.49. The Morgan fingerprint density at radius 1 is 0.309 bits per heavy atom. The van der Waals surface area contributed by atoms with Crippen LogP contribution in [-0.4, -0.2) is 15.0 Å². The molecule has 0 aliphatic heterocycles. The molecule has 0 bridgehead atoms. The standard InChI is InChI=1S/C52H37N3/c1-52(2)46-28-12-11-26-43(46)48-42(27-15-29-47(48)52)44-32-38-20-9-10-21-39(38)33-45(44)51-54-49(40-24-13-22-36(30-40)34-16-5-3-6-17-34)53-50(55-51)41-25-14-23-37(31-41)35-18-7-4-8-19-35/h3-33H,1-2H3. The zero-order valence-corrected chi connectivity index (χ0v) is 30.7. The predicted octanol–water partition coefficient (Wildman–Crippen LogP) is 13.3. The van der Waals surface area contributed by atoms with Gasteiger partial charge in [-0.3, -0.25) is 0 Å². The third-order valence-corrected chi connectivity index (χ3v) is 11.1. The van der Waals surface area contributed by atoms with Gasteiger partial charge in [0.1, 0.15) is 0 Å². The van der Waals surface area contributed by atoms with Gasteiger partial charge in [-0.25, -0.2) is 15.0 Å². The van der Waals surface area contributed by atoms with E-state index in [1.54, 1.807) is 0 Å². The maximum absolute atomic E-state index is 5.35. The fraction of sp³-hybridized carbons (Fsp3) is 0.0577. The lowest BCUT2D eigenvalue weighted by molar-refractivity contribution is 0.660. The van der Waals surface area contributed by atoms with Crippen LogP contribution in [0.1, 0.15) is 25.0 Å². The summed E-state index contributed by atoms with van der Waals surface area (Å²) < 4.78 is 0. The summed E-state index contributed by atoms with van der Waals surface area (Å²) in [4.78, 5) is 15.9. The first kappa shape index (κ1) is 32.7. The number of hydrogen-bond acceptors (Lipinski definition) is 3. The molecule has 8 aromatic carbocycles. The topological polar surface area (TPSA) is 38.7 Å². The van der Waals surface area contributed by atoms with Crippen molar-refractivity contribution in [1.82, 2.24) is 15.0 Å². The predicted molar refractivity (Wildman–Crippen MR) is 228 cm³/mol. The molecular formula is C52H37N3. The minimum atomic E-state index is -0.125. The van der Waals surface area contributed by atoms with Crippen LogP contribution >= 0.6 is 0 Å². The Morgan fingerprint density at radius 2 is 0.745 bits per heavy atom. The van der Waals surface area contributed by atoms with Gasteiger partial charge in [-0.2, -0.15) is 0 Å². The summed E-state index contributed by atoms with van der Waals surface area (Å²) in [7, 11) is 0. The van der Waals surface area contributed by atoms with E-state index >= 15 is 0 Å². The SMILES string of the molecule is CC1(C)c2ccccc2-c2c(-c3cc4ccccc4cc3-c3nc(-c4cccc(-c5ccccc5)c4)nc(-c4cccc(-c5ccccc5)c4)n3)cccc21. The molecule has 10 rings (SSSR count). The monoisotopic (exact) mass is 703 g/mol. The maximum Gasteiger partial charge on any atom is 0.164 e. The van der Waals surface area contributed by atoms with E-state index in [-0.39, 0.29) is 5.41 Å². The Labute approximate surface area is 321 Å². The number of benzene rings is 8. The first-order chi connectivity index (χ1) is 27.0. The van der Waals surface area contributed by atoms with Gasteiger partial charge >= 0.3 is 0 Å². The molecule has 1 aliphatic carbocycles. The highest BCUT2D eigenvalue weighted by Crippen LogP contribution is 2.53. The van der Waals surface area contributed by atoms with E-state index in [1.165, 1.54) is 33.2 Å². The first-order valence-corrected chi connectivity index (χ1v) is 18.9. The Hall–Kier alpha value is -6.97. The minimum absolute atomic E-state index is 0.125. The molecule has 9 aromatic rings. The largest absolute Gasteiger partial charge is 0.208 e. The third-order valence-electron chi connectivity index (χ3n) is 11.1. The van der Waals surface area contributed by atoms with E-state index in [1.807, 2.05) is 12.1 Å². The van der Waals surface area contributed by atoms with E-state index in [2.05, 4.69) is 190 Å². The van der Waals surface area contributed by atoms with Crippen LogP contribution in [0.5, 0.6) is 0 Å². The van der Waals surface area contributed by atoms with Crippen LogP contribution in [0, 0.1) is 0 Å². The lowest BCUT2D eigenvalue weighted by Gasteiger charge is -2.22. The third kappa shape index (κ3) is 5.73. The molecule has 1 heterocycles. The molecule has 0 fully saturated rings. The molecule has 0 atom stereocenters. The first-order valence-electron chi connectivity index (χ1n) is 18.9. The molecule has 0 unspecified atom stereocenters. The zero-order chi connectivity index (χ0) is 36.9. The van der Waals surface area contributed by atoms with Crippen molar-refractivity contribution in [3.63, 3.8) is 0 Å². The highest BCUT2D eigenvalue weighted by Gasteiger charge is 2.37. The van der Waals surface area contributed by atoms with Crippen LogP contribution in [0.3, 0.4) is 0 Å². The van der Waals surface area contributed by atoms with Crippen LogP contribution in [0.2, 0.25) is 0 Å². The molecule has 0 N–H and O–H groups in total. The fourth-order valence-corrected chi connectivity index (χ4v) is 8.32. The lowest BCUT2D eigenvalue weighted by atomic mass is 9.81. The van der Waals surface area contributed by atoms with Crippen LogP contribution in [-0.2, 0) is 5.41 Å². The van der Waals surface area contributed by atoms with Crippen LogP contribution in [0.4, 0.5) is 0 Å². The number of aromatic nitrogens is 3. The van der Waals surface area contributed by atoms with Gasteiger partial charge in [0, 0.05) is 22.1 Å². The number of rotatable bonds is 6. The van der Waals surface area contributed by atoms with Crippen molar-refractivity contribution >= 4 is 10.8 Å². The fourth-order valence-electron chi connectivity index (χ4n) is 8.32. The van der Waals surface area contributed by atoms with Crippen LogP contribution in [0.25, 0.3) is 89.4 Å². The summed E-state index contributed by atoms with van der Waals surface area (Å²) in [6.07, 6.45) is 0. The van der Waals surface area contributed by atoms with E-state index in [4.69, 9.17) is 15.0 Å². The molecule has 0 spiro atoms. The molecule has 3 heteroatoms. The van der Waals surface area contributed by atoms with Gasteiger partial charge in [0.2, 0.25) is 0 Å². The van der Waals surface area contributed by atoms with Gasteiger partial charge in [-0.05, 0) is 90.7 Å². The van der Waals surface area contributed by atoms with E-state index in [9.17, 15) is 0 Å². The number of hydrogen-bond donors (Lipinski definition) is 0. The molecule has 55 heavy (non-hydrogen) atoms. The Bertz CT molecular complexity index is 2790. The average molecular weight is 704 g/mol. The molecule has 0 saturated carbocycles. The second-order valence-corrected chi connectivity index (χ2v) is 14.8. The van der Waals surface area contributed by atoms with Crippen molar-refractivity contribution in [3.8, 4) is 78.7 Å². The number of nitrogens with zero attached hydrogens (tertiary/aromatic N) is 3. The van der Waals surface area contributed by atoms with Gasteiger partial charge in [0.25, 0.3) is 0 Å².